The van der Waals surface area contributed by atoms with Gasteiger partial charge in [0.2, 0.25) is 0 Å². The Morgan fingerprint density at radius 1 is 1.17 bits per heavy atom. The minimum atomic E-state index is -4.66. The molecule has 0 spiro atoms. The molecule has 1 saturated heterocycles. The summed E-state index contributed by atoms with van der Waals surface area (Å²) in [7, 11) is 0. The molecule has 0 bridgehead atoms. The molecule has 0 aliphatic carbocycles. The van der Waals surface area contributed by atoms with Crippen molar-refractivity contribution < 1.29 is 22.4 Å². The second-order valence-electron chi connectivity index (χ2n) is 7.11. The molecule has 1 amide bonds. The summed E-state index contributed by atoms with van der Waals surface area (Å²) in [4.78, 5) is 18.4. The van der Waals surface area contributed by atoms with Gasteiger partial charge < -0.3 is 19.9 Å². The standard InChI is InChI=1S/C20H19F4N5O/c1-12-10-29-11-13(8-16(18(29)26-12)20(22,23)24)27-19(30)15-3-2-14(9-17(15)21)28-6-4-25-5-7-28/h2-3,8-11,25H,4-7H2,1H3,(H,27,30). The smallest absolute Gasteiger partial charge is 0.369 e. The van der Waals surface area contributed by atoms with Crippen molar-refractivity contribution in [2.24, 2.45) is 0 Å². The molecule has 1 aliphatic heterocycles. The highest BCUT2D eigenvalue weighted by molar-refractivity contribution is 6.04. The maximum atomic E-state index is 14.6. The zero-order valence-corrected chi connectivity index (χ0v) is 16.1. The van der Waals surface area contributed by atoms with E-state index in [0.29, 0.717) is 11.4 Å². The van der Waals surface area contributed by atoms with Gasteiger partial charge in [0.25, 0.3) is 5.91 Å². The number of halogens is 4. The summed E-state index contributed by atoms with van der Waals surface area (Å²) in [5.41, 5.74) is -0.543. The summed E-state index contributed by atoms with van der Waals surface area (Å²) in [5, 5.41) is 5.56. The van der Waals surface area contributed by atoms with Crippen molar-refractivity contribution in [3.05, 3.63) is 59.3 Å². The van der Waals surface area contributed by atoms with Crippen LogP contribution in [0.4, 0.5) is 28.9 Å². The number of alkyl halides is 3. The lowest BCUT2D eigenvalue weighted by molar-refractivity contribution is -0.136. The average Bonchev–Trinajstić information content (AvgIpc) is 3.07. The monoisotopic (exact) mass is 421 g/mol. The van der Waals surface area contributed by atoms with Crippen molar-refractivity contribution in [1.82, 2.24) is 14.7 Å². The lowest BCUT2D eigenvalue weighted by atomic mass is 10.1. The molecule has 30 heavy (non-hydrogen) atoms. The largest absolute Gasteiger partial charge is 0.420 e. The van der Waals surface area contributed by atoms with Crippen molar-refractivity contribution in [1.29, 1.82) is 0 Å². The molecule has 10 heteroatoms. The minimum Gasteiger partial charge on any atom is -0.369 e. The number of hydrogen-bond donors (Lipinski definition) is 2. The van der Waals surface area contributed by atoms with Crippen LogP contribution in [-0.2, 0) is 6.18 Å². The van der Waals surface area contributed by atoms with Gasteiger partial charge in [-0.05, 0) is 31.2 Å². The van der Waals surface area contributed by atoms with Gasteiger partial charge in [-0.25, -0.2) is 9.37 Å². The van der Waals surface area contributed by atoms with E-state index >= 15 is 0 Å². The fourth-order valence-electron chi connectivity index (χ4n) is 3.50. The third-order valence-corrected chi connectivity index (χ3v) is 4.91. The lowest BCUT2D eigenvalue weighted by Crippen LogP contribution is -2.43. The van der Waals surface area contributed by atoms with Gasteiger partial charge in [0.1, 0.15) is 17.0 Å². The molecule has 3 aromatic rings. The van der Waals surface area contributed by atoms with Gasteiger partial charge in [0.05, 0.1) is 16.9 Å². The Morgan fingerprint density at radius 2 is 1.90 bits per heavy atom. The number of anilines is 2. The highest BCUT2D eigenvalue weighted by Gasteiger charge is 2.34. The number of hydrogen-bond acceptors (Lipinski definition) is 4. The highest BCUT2D eigenvalue weighted by atomic mass is 19.4. The van der Waals surface area contributed by atoms with Crippen LogP contribution in [0.5, 0.6) is 0 Å². The van der Waals surface area contributed by atoms with Gasteiger partial charge in [-0.1, -0.05) is 0 Å². The molecule has 0 unspecified atom stereocenters. The number of fused-ring (bicyclic) bond motifs is 1. The van der Waals surface area contributed by atoms with Crippen molar-refractivity contribution in [2.75, 3.05) is 36.4 Å². The van der Waals surface area contributed by atoms with Crippen LogP contribution in [0.2, 0.25) is 0 Å². The molecule has 2 N–H and O–H groups in total. The Morgan fingerprint density at radius 3 is 2.57 bits per heavy atom. The SMILES string of the molecule is Cc1cn2cc(NC(=O)c3ccc(N4CCNCC4)cc3F)cc(C(F)(F)F)c2n1. The molecule has 1 fully saturated rings. The third-order valence-electron chi connectivity index (χ3n) is 4.91. The lowest BCUT2D eigenvalue weighted by Gasteiger charge is -2.29. The second kappa shape index (κ2) is 7.60. The quantitative estimate of drug-likeness (QED) is 0.636. The molecule has 4 rings (SSSR count). The zero-order chi connectivity index (χ0) is 21.5. The van der Waals surface area contributed by atoms with Gasteiger partial charge in [-0.2, -0.15) is 13.2 Å². The number of aryl methyl sites for hydroxylation is 1. The van der Waals surface area contributed by atoms with Gasteiger partial charge >= 0.3 is 6.18 Å². The number of nitrogens with zero attached hydrogens (tertiary/aromatic N) is 3. The van der Waals surface area contributed by atoms with E-state index in [1.165, 1.54) is 28.9 Å². The summed E-state index contributed by atoms with van der Waals surface area (Å²) in [6.45, 7) is 4.56. The number of aromatic nitrogens is 2. The molecule has 0 saturated carbocycles. The normalized spacial score (nSPS) is 14.9. The van der Waals surface area contributed by atoms with E-state index in [1.54, 1.807) is 13.0 Å². The number of carbonyl (C=O) groups is 1. The summed E-state index contributed by atoms with van der Waals surface area (Å²) in [6.07, 6.45) is -1.92. The van der Waals surface area contributed by atoms with Gasteiger partial charge in [0.15, 0.2) is 0 Å². The maximum Gasteiger partial charge on any atom is 0.420 e. The van der Waals surface area contributed by atoms with Gasteiger partial charge in [-0.15, -0.1) is 0 Å². The number of imidazole rings is 1. The average molecular weight is 421 g/mol. The van der Waals surface area contributed by atoms with Crippen LogP contribution in [0.15, 0.2) is 36.7 Å². The summed E-state index contributed by atoms with van der Waals surface area (Å²) >= 11 is 0. The molecule has 1 aliphatic rings. The Labute approximate surface area is 169 Å². The van der Waals surface area contributed by atoms with Crippen molar-refractivity contribution in [2.45, 2.75) is 13.1 Å². The summed E-state index contributed by atoms with van der Waals surface area (Å²) in [6, 6.07) is 5.04. The van der Waals surface area contributed by atoms with E-state index < -0.39 is 23.5 Å². The number of amides is 1. The highest BCUT2D eigenvalue weighted by Crippen LogP contribution is 2.34. The Balaban J connectivity index is 1.61. The van der Waals surface area contributed by atoms with Crippen LogP contribution in [0.1, 0.15) is 21.6 Å². The summed E-state index contributed by atoms with van der Waals surface area (Å²) in [5.74, 6) is -1.57. The maximum absolute atomic E-state index is 14.6. The Hall–Kier alpha value is -3.14. The molecule has 6 nitrogen and oxygen atoms in total. The number of nitrogens with one attached hydrogen (secondary N) is 2. The summed E-state index contributed by atoms with van der Waals surface area (Å²) < 4.78 is 56.0. The van der Waals surface area contributed by atoms with Gasteiger partial charge in [0, 0.05) is 44.3 Å². The first-order valence-electron chi connectivity index (χ1n) is 9.35. The van der Waals surface area contributed by atoms with Crippen LogP contribution in [0.3, 0.4) is 0 Å². The number of rotatable bonds is 3. The predicted octanol–water partition coefficient (Wildman–Crippen LogP) is 3.46. The van der Waals surface area contributed by atoms with E-state index in [2.05, 4.69) is 15.6 Å². The number of pyridine rings is 1. The Bertz CT molecular complexity index is 1100. The molecular weight excluding hydrogens is 402 g/mol. The minimum absolute atomic E-state index is 0.109. The number of piperazine rings is 1. The molecule has 0 atom stereocenters. The van der Waals surface area contributed by atoms with Crippen molar-refractivity contribution in [3.63, 3.8) is 0 Å². The van der Waals surface area contributed by atoms with Crippen LogP contribution in [0.25, 0.3) is 5.65 Å². The van der Waals surface area contributed by atoms with E-state index in [9.17, 15) is 22.4 Å². The molecule has 3 heterocycles. The first kappa shape index (κ1) is 20.1. The number of carbonyl (C=O) groups excluding carboxylic acids is 1. The van der Waals surface area contributed by atoms with Crippen LogP contribution < -0.4 is 15.5 Å². The second-order valence-corrected chi connectivity index (χ2v) is 7.11. The fraction of sp³-hybridized carbons (Fsp3) is 0.300. The molecule has 1 aromatic carbocycles. The number of benzene rings is 1. The van der Waals surface area contributed by atoms with Crippen molar-refractivity contribution in [3.8, 4) is 0 Å². The molecule has 0 radical (unpaired) electrons. The predicted molar refractivity (Wildman–Crippen MR) is 104 cm³/mol. The van der Waals surface area contributed by atoms with E-state index in [-0.39, 0.29) is 16.9 Å². The fourth-order valence-corrected chi connectivity index (χ4v) is 3.50. The first-order valence-corrected chi connectivity index (χ1v) is 9.35. The Kier molecular flexibility index (Phi) is 5.10. The zero-order valence-electron chi connectivity index (χ0n) is 16.1. The van der Waals surface area contributed by atoms with Crippen molar-refractivity contribution >= 4 is 22.9 Å². The molecule has 2 aromatic heterocycles. The van der Waals surface area contributed by atoms with Crippen LogP contribution >= 0.6 is 0 Å². The topological polar surface area (TPSA) is 61.7 Å². The first-order chi connectivity index (χ1) is 14.2. The van der Waals surface area contributed by atoms with Crippen LogP contribution in [-0.4, -0.2) is 41.5 Å². The third kappa shape index (κ3) is 3.95. The van der Waals surface area contributed by atoms with E-state index in [4.69, 9.17) is 0 Å². The van der Waals surface area contributed by atoms with E-state index in [1.807, 2.05) is 4.90 Å². The molecular formula is C20H19F4N5O. The van der Waals surface area contributed by atoms with Crippen LogP contribution in [0, 0.1) is 12.7 Å². The van der Waals surface area contributed by atoms with Gasteiger partial charge in [-0.3, -0.25) is 4.79 Å². The van der Waals surface area contributed by atoms with E-state index in [0.717, 1.165) is 32.2 Å². The molecule has 158 valence electrons.